The molecule has 1 aromatic carbocycles. The van der Waals surface area contributed by atoms with E-state index in [1.54, 1.807) is 6.07 Å². The van der Waals surface area contributed by atoms with Gasteiger partial charge in [-0.3, -0.25) is 0 Å². The summed E-state index contributed by atoms with van der Waals surface area (Å²) in [6.07, 6.45) is 0. The lowest BCUT2D eigenvalue weighted by Crippen LogP contribution is -2.05. The van der Waals surface area contributed by atoms with E-state index < -0.39 is 0 Å². The Morgan fingerprint density at radius 2 is 2.10 bits per heavy atom. The van der Waals surface area contributed by atoms with Crippen LogP contribution in [0.25, 0.3) is 0 Å². The zero-order valence-electron chi connectivity index (χ0n) is 11.5. The lowest BCUT2D eigenvalue weighted by molar-refractivity contribution is 0.128. The second-order valence-electron chi connectivity index (χ2n) is 4.32. The number of aryl methyl sites for hydroxylation is 1. The molecule has 20 heavy (non-hydrogen) atoms. The van der Waals surface area contributed by atoms with Gasteiger partial charge in [0, 0.05) is 22.8 Å². The maximum absolute atomic E-state index is 5.79. The fourth-order valence-corrected chi connectivity index (χ4v) is 2.22. The van der Waals surface area contributed by atoms with Gasteiger partial charge in [-0.25, -0.2) is 9.97 Å². The molecule has 0 unspecified atom stereocenters. The van der Waals surface area contributed by atoms with Crippen LogP contribution in [0.3, 0.4) is 0 Å². The van der Waals surface area contributed by atoms with Crippen LogP contribution < -0.4 is 11.1 Å². The molecule has 5 nitrogen and oxygen atoms in total. The summed E-state index contributed by atoms with van der Waals surface area (Å²) in [7, 11) is 0. The van der Waals surface area contributed by atoms with Crippen molar-refractivity contribution in [2.75, 3.05) is 17.7 Å². The number of halogens is 1. The van der Waals surface area contributed by atoms with Gasteiger partial charge in [-0.15, -0.1) is 0 Å². The summed E-state index contributed by atoms with van der Waals surface area (Å²) in [6, 6.07) is 7.70. The molecule has 0 atom stereocenters. The number of anilines is 3. The fraction of sp³-hybridized carbons (Fsp3) is 0.286. The van der Waals surface area contributed by atoms with E-state index in [1.165, 1.54) is 0 Å². The number of hydrogen-bond donors (Lipinski definition) is 2. The van der Waals surface area contributed by atoms with E-state index in [-0.39, 0.29) is 0 Å². The van der Waals surface area contributed by atoms with Crippen LogP contribution in [-0.4, -0.2) is 16.6 Å². The smallest absolute Gasteiger partial charge is 0.158 e. The molecule has 106 valence electrons. The van der Waals surface area contributed by atoms with Gasteiger partial charge in [0.15, 0.2) is 5.82 Å². The Bertz CT molecular complexity index is 604. The van der Waals surface area contributed by atoms with Gasteiger partial charge in [0.1, 0.15) is 18.2 Å². The molecule has 2 aromatic rings. The van der Waals surface area contributed by atoms with Crippen molar-refractivity contribution >= 4 is 33.3 Å². The summed E-state index contributed by atoms with van der Waals surface area (Å²) >= 11 is 3.44. The number of rotatable bonds is 5. The van der Waals surface area contributed by atoms with E-state index in [0.717, 1.165) is 15.7 Å². The van der Waals surface area contributed by atoms with Crippen molar-refractivity contribution in [3.05, 3.63) is 40.1 Å². The monoisotopic (exact) mass is 336 g/mol. The third kappa shape index (κ3) is 3.91. The van der Waals surface area contributed by atoms with Gasteiger partial charge in [0.05, 0.1) is 0 Å². The zero-order valence-corrected chi connectivity index (χ0v) is 13.1. The molecule has 0 saturated carbocycles. The quantitative estimate of drug-likeness (QED) is 0.875. The Hall–Kier alpha value is -1.66. The van der Waals surface area contributed by atoms with Crippen LogP contribution in [0.2, 0.25) is 0 Å². The highest BCUT2D eigenvalue weighted by Gasteiger charge is 2.05. The number of nitrogen functional groups attached to an aromatic ring is 1. The van der Waals surface area contributed by atoms with Gasteiger partial charge in [-0.1, -0.05) is 15.9 Å². The second kappa shape index (κ2) is 6.67. The number of nitrogens with one attached hydrogen (secondary N) is 1. The van der Waals surface area contributed by atoms with Crippen LogP contribution in [0.5, 0.6) is 0 Å². The Labute approximate surface area is 126 Å². The largest absolute Gasteiger partial charge is 0.384 e. The molecule has 3 N–H and O–H groups in total. The molecule has 0 aliphatic carbocycles. The Kier molecular flexibility index (Phi) is 4.92. The first-order chi connectivity index (χ1) is 9.58. The normalized spacial score (nSPS) is 10.6. The number of benzene rings is 1. The molecular weight excluding hydrogens is 320 g/mol. The molecule has 0 bridgehead atoms. The molecule has 0 amide bonds. The minimum absolute atomic E-state index is 0.357. The Balaban J connectivity index is 2.21. The number of nitrogens with two attached hydrogens (primary N) is 1. The number of hydrogen-bond acceptors (Lipinski definition) is 5. The van der Waals surface area contributed by atoms with E-state index in [0.29, 0.717) is 30.7 Å². The van der Waals surface area contributed by atoms with Crippen LogP contribution in [-0.2, 0) is 11.3 Å². The van der Waals surface area contributed by atoms with Gasteiger partial charge >= 0.3 is 0 Å². The molecule has 6 heteroatoms. The van der Waals surface area contributed by atoms with Crippen molar-refractivity contribution in [2.24, 2.45) is 0 Å². The molecule has 0 spiro atoms. The van der Waals surface area contributed by atoms with Crippen LogP contribution in [0.4, 0.5) is 17.3 Å². The maximum Gasteiger partial charge on any atom is 0.158 e. The molecule has 0 aliphatic rings. The summed E-state index contributed by atoms with van der Waals surface area (Å²) < 4.78 is 6.35. The molecule has 0 fully saturated rings. The third-order valence-electron chi connectivity index (χ3n) is 2.68. The topological polar surface area (TPSA) is 73.1 Å². The van der Waals surface area contributed by atoms with E-state index in [1.807, 2.05) is 32.0 Å². The van der Waals surface area contributed by atoms with Crippen molar-refractivity contribution in [1.29, 1.82) is 0 Å². The Morgan fingerprint density at radius 1 is 1.30 bits per heavy atom. The SMILES string of the molecule is CCOCc1nc(N)cc(Nc2ccc(Br)cc2C)n1. The highest BCUT2D eigenvalue weighted by molar-refractivity contribution is 9.10. The lowest BCUT2D eigenvalue weighted by Gasteiger charge is -2.11. The van der Waals surface area contributed by atoms with E-state index in [2.05, 4.69) is 31.2 Å². The van der Waals surface area contributed by atoms with Crippen LogP contribution in [0.1, 0.15) is 18.3 Å². The van der Waals surface area contributed by atoms with E-state index >= 15 is 0 Å². The van der Waals surface area contributed by atoms with Crippen molar-refractivity contribution in [1.82, 2.24) is 9.97 Å². The molecule has 0 saturated heterocycles. The van der Waals surface area contributed by atoms with E-state index in [9.17, 15) is 0 Å². The maximum atomic E-state index is 5.79. The molecule has 1 aromatic heterocycles. The first-order valence-electron chi connectivity index (χ1n) is 6.33. The molecule has 0 radical (unpaired) electrons. The minimum atomic E-state index is 0.357. The number of ether oxygens (including phenoxy) is 1. The number of aromatic nitrogens is 2. The van der Waals surface area contributed by atoms with E-state index in [4.69, 9.17) is 10.5 Å². The fourth-order valence-electron chi connectivity index (χ4n) is 1.74. The highest BCUT2D eigenvalue weighted by atomic mass is 79.9. The Morgan fingerprint density at radius 3 is 2.80 bits per heavy atom. The van der Waals surface area contributed by atoms with Crippen molar-refractivity contribution < 1.29 is 4.74 Å². The predicted molar refractivity (Wildman–Crippen MR) is 83.9 cm³/mol. The average Bonchev–Trinajstić information content (AvgIpc) is 2.39. The third-order valence-corrected chi connectivity index (χ3v) is 3.17. The summed E-state index contributed by atoms with van der Waals surface area (Å²) in [4.78, 5) is 8.53. The van der Waals surface area contributed by atoms with Crippen molar-refractivity contribution in [3.8, 4) is 0 Å². The van der Waals surface area contributed by atoms with Crippen LogP contribution >= 0.6 is 15.9 Å². The van der Waals surface area contributed by atoms with Gasteiger partial charge in [-0.2, -0.15) is 0 Å². The molecule has 1 heterocycles. The number of nitrogens with zero attached hydrogens (tertiary/aromatic N) is 2. The standard InChI is InChI=1S/C14H17BrN4O/c1-3-20-8-14-18-12(16)7-13(19-14)17-11-5-4-10(15)6-9(11)2/h4-7H,3,8H2,1-2H3,(H3,16,17,18,19). The average molecular weight is 337 g/mol. The molecular formula is C14H17BrN4O. The van der Waals surface area contributed by atoms with Gasteiger partial charge in [0.25, 0.3) is 0 Å². The summed E-state index contributed by atoms with van der Waals surface area (Å²) in [5.74, 6) is 1.66. The highest BCUT2D eigenvalue weighted by Crippen LogP contribution is 2.23. The first kappa shape index (κ1) is 14.7. The lowest BCUT2D eigenvalue weighted by atomic mass is 10.2. The second-order valence-corrected chi connectivity index (χ2v) is 5.23. The van der Waals surface area contributed by atoms with Gasteiger partial charge < -0.3 is 15.8 Å². The molecule has 2 rings (SSSR count). The van der Waals surface area contributed by atoms with Crippen molar-refractivity contribution in [2.45, 2.75) is 20.5 Å². The summed E-state index contributed by atoms with van der Waals surface area (Å²) in [5, 5.41) is 3.25. The first-order valence-corrected chi connectivity index (χ1v) is 7.12. The predicted octanol–water partition coefficient (Wildman–Crippen LogP) is 3.41. The van der Waals surface area contributed by atoms with Crippen molar-refractivity contribution in [3.63, 3.8) is 0 Å². The summed E-state index contributed by atoms with van der Waals surface area (Å²) in [6.45, 7) is 4.93. The minimum Gasteiger partial charge on any atom is -0.384 e. The van der Waals surface area contributed by atoms with Crippen LogP contribution in [0, 0.1) is 6.92 Å². The van der Waals surface area contributed by atoms with Crippen LogP contribution in [0.15, 0.2) is 28.7 Å². The van der Waals surface area contributed by atoms with Gasteiger partial charge in [0.2, 0.25) is 0 Å². The molecule has 0 aliphatic heterocycles. The van der Waals surface area contributed by atoms with Gasteiger partial charge in [-0.05, 0) is 37.6 Å². The summed E-state index contributed by atoms with van der Waals surface area (Å²) in [5.41, 5.74) is 7.89. The zero-order chi connectivity index (χ0) is 14.5.